The van der Waals surface area contributed by atoms with E-state index in [1.165, 1.54) is 29.1 Å². The molecule has 3 aromatic heterocycles. The first kappa shape index (κ1) is 23.9. The van der Waals surface area contributed by atoms with E-state index in [0.29, 0.717) is 26.7 Å². The van der Waals surface area contributed by atoms with Crippen LogP contribution in [0.1, 0.15) is 37.8 Å². The molecule has 0 aliphatic heterocycles. The number of carbonyl (C=O) groups is 2. The van der Waals surface area contributed by atoms with Crippen LogP contribution in [0.15, 0.2) is 36.5 Å². The summed E-state index contributed by atoms with van der Waals surface area (Å²) < 4.78 is 33.2. The molecule has 4 aromatic rings. The average Bonchev–Trinajstić information content (AvgIpc) is 3.38. The van der Waals surface area contributed by atoms with Crippen molar-refractivity contribution in [3.05, 3.63) is 68.4 Å². The first-order chi connectivity index (χ1) is 16.1. The van der Waals surface area contributed by atoms with Crippen molar-refractivity contribution in [1.82, 2.24) is 14.8 Å². The van der Waals surface area contributed by atoms with Crippen molar-refractivity contribution in [2.24, 2.45) is 5.73 Å². The van der Waals surface area contributed by atoms with E-state index >= 15 is 0 Å². The summed E-state index contributed by atoms with van der Waals surface area (Å²) in [5, 5.41) is 7.90. The van der Waals surface area contributed by atoms with Gasteiger partial charge in [-0.2, -0.15) is 5.10 Å². The lowest BCUT2D eigenvalue weighted by Crippen LogP contribution is -2.18. The zero-order valence-electron chi connectivity index (χ0n) is 17.3. The molecule has 0 unspecified atom stereocenters. The molecule has 0 spiro atoms. The first-order valence-corrected chi connectivity index (χ1v) is 11.2. The molecule has 8 nitrogen and oxygen atoms in total. The number of thiophene rings is 1. The standard InChI is InChI=1S/C21H15Cl2F2N5O3S/c1-9-6-13(18(24)25)27-21-15(9)16(17(34-21)19(26)31)28-20(32)12-4-5-30(29-12)8-33-14-3-2-10(22)7-11(14)23/h2-7,18H,8H2,1H3,(H2,26,31)(H,28,32). The fourth-order valence-corrected chi connectivity index (χ4v) is 4.70. The minimum atomic E-state index is -2.78. The lowest BCUT2D eigenvalue weighted by Gasteiger charge is -2.08. The highest BCUT2D eigenvalue weighted by Crippen LogP contribution is 2.38. The third-order valence-electron chi connectivity index (χ3n) is 4.68. The normalized spacial score (nSPS) is 11.2. The minimum Gasteiger partial charge on any atom is -0.470 e. The lowest BCUT2D eigenvalue weighted by molar-refractivity contribution is 0.100. The van der Waals surface area contributed by atoms with Gasteiger partial charge in [0.2, 0.25) is 0 Å². The first-order valence-electron chi connectivity index (χ1n) is 9.58. The summed E-state index contributed by atoms with van der Waals surface area (Å²) in [4.78, 5) is 28.9. The molecule has 176 valence electrons. The topological polar surface area (TPSA) is 112 Å². The predicted molar refractivity (Wildman–Crippen MR) is 125 cm³/mol. The van der Waals surface area contributed by atoms with Gasteiger partial charge in [-0.15, -0.1) is 11.3 Å². The van der Waals surface area contributed by atoms with Gasteiger partial charge in [0, 0.05) is 16.6 Å². The minimum absolute atomic E-state index is 0.00878. The summed E-state index contributed by atoms with van der Waals surface area (Å²) >= 11 is 12.8. The van der Waals surface area contributed by atoms with Crippen molar-refractivity contribution in [2.45, 2.75) is 20.1 Å². The van der Waals surface area contributed by atoms with Crippen molar-refractivity contribution in [3.8, 4) is 5.75 Å². The number of rotatable bonds is 7. The van der Waals surface area contributed by atoms with Crippen molar-refractivity contribution >= 4 is 62.3 Å². The predicted octanol–water partition coefficient (Wildman–Crippen LogP) is 5.43. The summed E-state index contributed by atoms with van der Waals surface area (Å²) in [7, 11) is 0. The molecule has 0 radical (unpaired) electrons. The maximum atomic E-state index is 13.1. The zero-order chi connectivity index (χ0) is 24.6. The molecule has 0 fully saturated rings. The lowest BCUT2D eigenvalue weighted by atomic mass is 10.1. The van der Waals surface area contributed by atoms with Gasteiger partial charge in [0.05, 0.1) is 10.7 Å². The second-order valence-corrected chi connectivity index (χ2v) is 8.90. The van der Waals surface area contributed by atoms with Gasteiger partial charge < -0.3 is 15.8 Å². The number of aromatic nitrogens is 3. The molecule has 0 saturated heterocycles. The monoisotopic (exact) mass is 525 g/mol. The van der Waals surface area contributed by atoms with Crippen LogP contribution in [0, 0.1) is 6.92 Å². The summed E-state index contributed by atoms with van der Waals surface area (Å²) in [5.41, 5.74) is 5.56. The summed E-state index contributed by atoms with van der Waals surface area (Å²) in [5.74, 6) is -1.08. The van der Waals surface area contributed by atoms with Crippen molar-refractivity contribution in [2.75, 3.05) is 5.32 Å². The number of benzene rings is 1. The van der Waals surface area contributed by atoms with Crippen molar-refractivity contribution in [1.29, 1.82) is 0 Å². The van der Waals surface area contributed by atoms with E-state index < -0.39 is 23.9 Å². The molecule has 0 bridgehead atoms. The number of aryl methyl sites for hydroxylation is 1. The zero-order valence-corrected chi connectivity index (χ0v) is 19.6. The van der Waals surface area contributed by atoms with E-state index in [1.807, 2.05) is 0 Å². The van der Waals surface area contributed by atoms with Gasteiger partial charge in [-0.05, 0) is 42.8 Å². The maximum Gasteiger partial charge on any atom is 0.280 e. The Hall–Kier alpha value is -3.28. The molecule has 34 heavy (non-hydrogen) atoms. The number of nitrogens with one attached hydrogen (secondary N) is 1. The van der Waals surface area contributed by atoms with Crippen LogP contribution in [0.5, 0.6) is 5.75 Å². The molecule has 3 heterocycles. The van der Waals surface area contributed by atoms with Crippen LogP contribution in [-0.2, 0) is 6.73 Å². The molecule has 0 aliphatic rings. The van der Waals surface area contributed by atoms with Gasteiger partial charge in [-0.3, -0.25) is 9.59 Å². The number of primary amides is 1. The van der Waals surface area contributed by atoms with E-state index in [2.05, 4.69) is 15.4 Å². The number of fused-ring (bicyclic) bond motifs is 1. The summed E-state index contributed by atoms with van der Waals surface area (Å²) in [6.45, 7) is 1.54. The second-order valence-electron chi connectivity index (χ2n) is 7.06. The van der Waals surface area contributed by atoms with Gasteiger partial charge in [-0.25, -0.2) is 18.4 Å². The van der Waals surface area contributed by atoms with E-state index in [9.17, 15) is 18.4 Å². The van der Waals surface area contributed by atoms with Gasteiger partial charge in [0.15, 0.2) is 12.4 Å². The third kappa shape index (κ3) is 4.81. The highest BCUT2D eigenvalue weighted by Gasteiger charge is 2.24. The molecule has 1 aromatic carbocycles. The number of anilines is 1. The van der Waals surface area contributed by atoms with Gasteiger partial charge >= 0.3 is 0 Å². The smallest absolute Gasteiger partial charge is 0.280 e. The quantitative estimate of drug-likeness (QED) is 0.334. The van der Waals surface area contributed by atoms with E-state index in [0.717, 1.165) is 11.3 Å². The van der Waals surface area contributed by atoms with E-state index in [4.69, 9.17) is 33.7 Å². The SMILES string of the molecule is Cc1cc(C(F)F)nc2sc(C(N)=O)c(NC(=O)c3ccn(COc4ccc(Cl)cc4Cl)n3)c12. The van der Waals surface area contributed by atoms with Crippen LogP contribution in [0.25, 0.3) is 10.2 Å². The van der Waals surface area contributed by atoms with E-state index in [1.54, 1.807) is 19.1 Å². The maximum absolute atomic E-state index is 13.1. The Morgan fingerprint density at radius 3 is 2.71 bits per heavy atom. The van der Waals surface area contributed by atoms with Gasteiger partial charge in [0.1, 0.15) is 21.2 Å². The second kappa shape index (κ2) is 9.53. The van der Waals surface area contributed by atoms with Crippen LogP contribution in [0.4, 0.5) is 14.5 Å². The van der Waals surface area contributed by atoms with Crippen LogP contribution in [-0.4, -0.2) is 26.6 Å². The number of hydrogen-bond donors (Lipinski definition) is 2. The molecule has 2 amide bonds. The fourth-order valence-electron chi connectivity index (χ4n) is 3.17. The summed E-state index contributed by atoms with van der Waals surface area (Å²) in [6, 6.07) is 7.40. The fraction of sp³-hybridized carbons (Fsp3) is 0.143. The third-order valence-corrected chi connectivity index (χ3v) is 6.31. The molecule has 3 N–H and O–H groups in total. The van der Waals surface area contributed by atoms with Crippen molar-refractivity contribution < 1.29 is 23.1 Å². The van der Waals surface area contributed by atoms with Gasteiger partial charge in [-0.1, -0.05) is 23.2 Å². The molecule has 4 rings (SSSR count). The Morgan fingerprint density at radius 2 is 2.03 bits per heavy atom. The Balaban J connectivity index is 1.57. The number of alkyl halides is 2. The molecular formula is C21H15Cl2F2N5O3S. The Labute approximate surface area is 205 Å². The highest BCUT2D eigenvalue weighted by atomic mass is 35.5. The number of ether oxygens (including phenoxy) is 1. The molecular weight excluding hydrogens is 511 g/mol. The molecule has 0 saturated carbocycles. The number of carbonyl (C=O) groups excluding carboxylic acids is 2. The van der Waals surface area contributed by atoms with Crippen molar-refractivity contribution in [3.63, 3.8) is 0 Å². The molecule has 0 atom stereocenters. The number of nitrogens with two attached hydrogens (primary N) is 1. The van der Waals surface area contributed by atoms with Crippen LogP contribution in [0.3, 0.4) is 0 Å². The van der Waals surface area contributed by atoms with Crippen LogP contribution < -0.4 is 15.8 Å². The van der Waals surface area contributed by atoms with Crippen LogP contribution >= 0.6 is 34.5 Å². The number of nitrogens with zero attached hydrogens (tertiary/aromatic N) is 3. The van der Waals surface area contributed by atoms with Gasteiger partial charge in [0.25, 0.3) is 18.2 Å². The number of hydrogen-bond acceptors (Lipinski definition) is 6. The highest BCUT2D eigenvalue weighted by molar-refractivity contribution is 7.21. The Kier molecular flexibility index (Phi) is 6.69. The molecule has 0 aliphatic carbocycles. The Morgan fingerprint density at radius 1 is 1.26 bits per heavy atom. The molecule has 13 heteroatoms. The number of halogens is 4. The Bertz CT molecular complexity index is 1420. The van der Waals surface area contributed by atoms with E-state index in [-0.39, 0.29) is 27.8 Å². The largest absolute Gasteiger partial charge is 0.470 e. The number of amides is 2. The summed E-state index contributed by atoms with van der Waals surface area (Å²) in [6.07, 6.45) is -1.27. The number of pyridine rings is 1. The van der Waals surface area contributed by atoms with Crippen LogP contribution in [0.2, 0.25) is 10.0 Å². The average molecular weight is 526 g/mol.